The Balaban J connectivity index is 2.70. The van der Waals surface area contributed by atoms with E-state index in [4.69, 9.17) is 0 Å². The zero-order chi connectivity index (χ0) is 15.7. The first-order valence-corrected chi connectivity index (χ1v) is 6.39. The van der Waals surface area contributed by atoms with Crippen LogP contribution in [0, 0.1) is 17.0 Å². The van der Waals surface area contributed by atoms with Crippen molar-refractivity contribution >= 4 is 11.7 Å². The maximum atomic E-state index is 11.3. The van der Waals surface area contributed by atoms with Gasteiger partial charge in [0.15, 0.2) is 0 Å². The van der Waals surface area contributed by atoms with Crippen molar-refractivity contribution in [1.82, 2.24) is 9.78 Å². The number of carboxylic acid groups (broad SMARTS) is 1. The first kappa shape index (κ1) is 14.7. The number of benzene rings is 1. The van der Waals surface area contributed by atoms with Gasteiger partial charge in [0, 0.05) is 12.1 Å². The summed E-state index contributed by atoms with van der Waals surface area (Å²) in [5.74, 6) is -1.15. The second kappa shape index (κ2) is 5.35. The van der Waals surface area contributed by atoms with Crippen LogP contribution >= 0.6 is 0 Å². The minimum absolute atomic E-state index is 0.0577. The van der Waals surface area contributed by atoms with E-state index in [1.54, 1.807) is 13.0 Å². The highest BCUT2D eigenvalue weighted by atomic mass is 16.6. The van der Waals surface area contributed by atoms with Gasteiger partial charge in [-0.3, -0.25) is 10.1 Å². The molecule has 7 heteroatoms. The molecule has 1 heterocycles. The number of carboxylic acids is 1. The largest absolute Gasteiger partial charge is 0.478 e. The van der Waals surface area contributed by atoms with Gasteiger partial charge in [-0.25, -0.2) is 9.48 Å². The molecule has 0 saturated carbocycles. The Bertz CT molecular complexity index is 719. The molecule has 0 atom stereocenters. The van der Waals surface area contributed by atoms with Gasteiger partial charge in [-0.05, 0) is 18.4 Å². The Morgan fingerprint density at radius 2 is 2.10 bits per heavy atom. The van der Waals surface area contributed by atoms with Gasteiger partial charge in [0.2, 0.25) is 0 Å². The second-order valence-corrected chi connectivity index (χ2v) is 5.04. The molecule has 7 nitrogen and oxygen atoms in total. The Morgan fingerprint density at radius 1 is 1.43 bits per heavy atom. The Hall–Kier alpha value is -2.70. The molecule has 0 amide bonds. The Kier molecular flexibility index (Phi) is 3.75. The molecular formula is C14H15N3O4. The average molecular weight is 289 g/mol. The van der Waals surface area contributed by atoms with Crippen LogP contribution in [0.3, 0.4) is 0 Å². The van der Waals surface area contributed by atoms with Gasteiger partial charge in [0.1, 0.15) is 5.56 Å². The number of nitro groups is 1. The fourth-order valence-electron chi connectivity index (χ4n) is 2.21. The first-order valence-electron chi connectivity index (χ1n) is 6.39. The van der Waals surface area contributed by atoms with Gasteiger partial charge >= 0.3 is 5.97 Å². The van der Waals surface area contributed by atoms with E-state index in [0.29, 0.717) is 11.4 Å². The van der Waals surface area contributed by atoms with Crippen LogP contribution in [-0.2, 0) is 0 Å². The summed E-state index contributed by atoms with van der Waals surface area (Å²) < 4.78 is 1.47. The van der Waals surface area contributed by atoms with Crippen LogP contribution in [-0.4, -0.2) is 25.8 Å². The van der Waals surface area contributed by atoms with Crippen LogP contribution in [0.2, 0.25) is 0 Å². The predicted molar refractivity (Wildman–Crippen MR) is 76.0 cm³/mol. The van der Waals surface area contributed by atoms with E-state index in [1.165, 1.54) is 23.0 Å². The number of hydrogen-bond acceptors (Lipinski definition) is 4. The van der Waals surface area contributed by atoms with E-state index in [1.807, 2.05) is 13.8 Å². The fourth-order valence-corrected chi connectivity index (χ4v) is 2.21. The minimum Gasteiger partial charge on any atom is -0.478 e. The molecule has 110 valence electrons. The van der Waals surface area contributed by atoms with Gasteiger partial charge in [-0.15, -0.1) is 0 Å². The lowest BCUT2D eigenvalue weighted by molar-refractivity contribution is -0.384. The molecule has 1 aromatic carbocycles. The maximum Gasteiger partial charge on any atom is 0.339 e. The van der Waals surface area contributed by atoms with E-state index in [2.05, 4.69) is 5.10 Å². The Labute approximate surface area is 121 Å². The third-order valence-electron chi connectivity index (χ3n) is 3.22. The monoisotopic (exact) mass is 289 g/mol. The molecule has 2 rings (SSSR count). The molecule has 0 unspecified atom stereocenters. The molecule has 1 N–H and O–H groups in total. The molecule has 0 saturated heterocycles. The van der Waals surface area contributed by atoms with E-state index >= 15 is 0 Å². The molecule has 0 fully saturated rings. The molecule has 0 aliphatic heterocycles. The van der Waals surface area contributed by atoms with Gasteiger partial charge < -0.3 is 5.11 Å². The lowest BCUT2D eigenvalue weighted by Gasteiger charge is -2.13. The standard InChI is InChI=1S/C14H15N3O4/c1-8(2)13-11(14(18)19)7-15-16(13)12-6-10(17(20)21)5-4-9(12)3/h4-8H,1-3H3,(H,18,19). The zero-order valence-electron chi connectivity index (χ0n) is 11.9. The van der Waals surface area contributed by atoms with Crippen molar-refractivity contribution in [3.63, 3.8) is 0 Å². The smallest absolute Gasteiger partial charge is 0.339 e. The van der Waals surface area contributed by atoms with Gasteiger partial charge in [-0.2, -0.15) is 5.10 Å². The highest BCUT2D eigenvalue weighted by molar-refractivity contribution is 5.89. The maximum absolute atomic E-state index is 11.3. The summed E-state index contributed by atoms with van der Waals surface area (Å²) >= 11 is 0. The molecule has 1 aromatic heterocycles. The van der Waals surface area contributed by atoms with Crippen molar-refractivity contribution in [3.8, 4) is 5.69 Å². The number of aryl methyl sites for hydroxylation is 1. The number of aromatic nitrogens is 2. The zero-order valence-corrected chi connectivity index (χ0v) is 11.9. The molecular weight excluding hydrogens is 274 g/mol. The molecule has 0 spiro atoms. The van der Waals surface area contributed by atoms with E-state index in [-0.39, 0.29) is 17.2 Å². The highest BCUT2D eigenvalue weighted by Gasteiger charge is 2.22. The van der Waals surface area contributed by atoms with Crippen LogP contribution in [0.5, 0.6) is 0 Å². The summed E-state index contributed by atoms with van der Waals surface area (Å²) in [6.45, 7) is 5.50. The quantitative estimate of drug-likeness (QED) is 0.689. The predicted octanol–water partition coefficient (Wildman–Crippen LogP) is 2.91. The van der Waals surface area contributed by atoms with Crippen LogP contribution in [0.4, 0.5) is 5.69 Å². The van der Waals surface area contributed by atoms with E-state index in [9.17, 15) is 20.0 Å². The fraction of sp³-hybridized carbons (Fsp3) is 0.286. The third kappa shape index (κ3) is 2.62. The van der Waals surface area contributed by atoms with E-state index < -0.39 is 10.9 Å². The summed E-state index contributed by atoms with van der Waals surface area (Å²) in [4.78, 5) is 21.7. The summed E-state index contributed by atoms with van der Waals surface area (Å²) in [7, 11) is 0. The lowest BCUT2D eigenvalue weighted by atomic mass is 10.1. The van der Waals surface area contributed by atoms with Crippen molar-refractivity contribution in [3.05, 3.63) is 51.3 Å². The number of nitrogens with zero attached hydrogens (tertiary/aromatic N) is 3. The van der Waals surface area contributed by atoms with E-state index in [0.717, 1.165) is 5.56 Å². The topological polar surface area (TPSA) is 98.3 Å². The molecule has 0 bridgehead atoms. The number of rotatable bonds is 4. The van der Waals surface area contributed by atoms with Crippen molar-refractivity contribution in [2.75, 3.05) is 0 Å². The molecule has 0 aliphatic carbocycles. The Morgan fingerprint density at radius 3 is 2.62 bits per heavy atom. The van der Waals surface area contributed by atoms with Crippen LogP contribution in [0.25, 0.3) is 5.69 Å². The van der Waals surface area contributed by atoms with Crippen LogP contribution in [0.15, 0.2) is 24.4 Å². The van der Waals surface area contributed by atoms with Gasteiger partial charge in [-0.1, -0.05) is 19.9 Å². The number of aromatic carboxylic acids is 1. The summed E-state index contributed by atoms with van der Waals surface area (Å²) in [6.07, 6.45) is 1.27. The van der Waals surface area contributed by atoms with Crippen LogP contribution in [0.1, 0.15) is 41.4 Å². The highest BCUT2D eigenvalue weighted by Crippen LogP contribution is 2.27. The number of nitro benzene ring substituents is 1. The van der Waals surface area contributed by atoms with Gasteiger partial charge in [0.05, 0.1) is 22.5 Å². The van der Waals surface area contributed by atoms with Crippen molar-refractivity contribution < 1.29 is 14.8 Å². The summed E-state index contributed by atoms with van der Waals surface area (Å²) in [6, 6.07) is 4.44. The first-order chi connectivity index (χ1) is 9.82. The average Bonchev–Trinajstić information content (AvgIpc) is 2.83. The SMILES string of the molecule is Cc1ccc([N+](=O)[O-])cc1-n1ncc(C(=O)O)c1C(C)C. The summed E-state index contributed by atoms with van der Waals surface area (Å²) in [5.41, 5.74) is 1.86. The number of non-ortho nitro benzene ring substituents is 1. The van der Waals surface area contributed by atoms with Crippen LogP contribution < -0.4 is 0 Å². The number of carbonyl (C=O) groups is 1. The lowest BCUT2D eigenvalue weighted by Crippen LogP contribution is -2.09. The normalized spacial score (nSPS) is 10.9. The molecule has 21 heavy (non-hydrogen) atoms. The number of hydrogen-bond donors (Lipinski definition) is 1. The molecule has 0 aliphatic rings. The second-order valence-electron chi connectivity index (χ2n) is 5.04. The third-order valence-corrected chi connectivity index (χ3v) is 3.22. The van der Waals surface area contributed by atoms with Gasteiger partial charge in [0.25, 0.3) is 5.69 Å². The molecule has 2 aromatic rings. The summed E-state index contributed by atoms with van der Waals surface area (Å²) in [5, 5.41) is 24.2. The van der Waals surface area contributed by atoms with Crippen molar-refractivity contribution in [2.24, 2.45) is 0 Å². The molecule has 0 radical (unpaired) electrons. The van der Waals surface area contributed by atoms with Crippen molar-refractivity contribution in [1.29, 1.82) is 0 Å². The minimum atomic E-state index is -1.06. The van der Waals surface area contributed by atoms with Crippen molar-refractivity contribution in [2.45, 2.75) is 26.7 Å².